The molecular weight excluding hydrogens is 687 g/mol. The van der Waals surface area contributed by atoms with Gasteiger partial charge in [0, 0.05) is 16.9 Å². The average Bonchev–Trinajstić information content (AvgIpc) is 3.32. The van der Waals surface area contributed by atoms with Gasteiger partial charge in [0.05, 0.1) is 11.2 Å². The molecule has 0 aliphatic heterocycles. The second-order valence-corrected chi connectivity index (χ2v) is 14.5. The summed E-state index contributed by atoms with van der Waals surface area (Å²) in [6.45, 7) is 0. The van der Waals surface area contributed by atoms with Gasteiger partial charge in [-0.05, 0) is 124 Å². The van der Waals surface area contributed by atoms with Crippen LogP contribution in [-0.4, -0.2) is 0 Å². The maximum Gasteiger partial charge on any atom is 0.0645 e. The molecule has 0 bridgehead atoms. The Kier molecular flexibility index (Phi) is 6.93. The van der Waals surface area contributed by atoms with Gasteiger partial charge < -0.3 is 4.90 Å². The van der Waals surface area contributed by atoms with Crippen LogP contribution in [0.5, 0.6) is 0 Å². The first-order valence-corrected chi connectivity index (χ1v) is 19.4. The lowest BCUT2D eigenvalue weighted by atomic mass is 9.92. The largest absolute Gasteiger partial charge is 0.310 e. The maximum absolute atomic E-state index is 9.81. The van der Waals surface area contributed by atoms with Gasteiger partial charge in [0.15, 0.2) is 0 Å². The van der Waals surface area contributed by atoms with E-state index in [-0.39, 0.29) is 35.4 Å². The maximum atomic E-state index is 9.81. The minimum atomic E-state index is -0.121. The number of fused-ring (bicyclic) bond motifs is 9. The summed E-state index contributed by atoms with van der Waals surface area (Å²) in [6.07, 6.45) is 0. The van der Waals surface area contributed by atoms with E-state index < -0.39 is 0 Å². The molecule has 11 aromatic carbocycles. The molecule has 0 heterocycles. The third-order valence-corrected chi connectivity index (χ3v) is 11.3. The van der Waals surface area contributed by atoms with Gasteiger partial charge in [-0.1, -0.05) is 182 Å². The number of anilines is 3. The second-order valence-electron chi connectivity index (χ2n) is 14.5. The number of para-hydroxylation sites is 1. The zero-order valence-corrected chi connectivity index (χ0v) is 31.0. The lowest BCUT2D eigenvalue weighted by Gasteiger charge is -2.28. The fourth-order valence-corrected chi connectivity index (χ4v) is 8.65. The zero-order chi connectivity index (χ0) is 41.2. The van der Waals surface area contributed by atoms with Crippen LogP contribution in [0.2, 0.25) is 0 Å². The first-order valence-electron chi connectivity index (χ1n) is 21.4. The summed E-state index contributed by atoms with van der Waals surface area (Å²) in [5.74, 6) is 0. The van der Waals surface area contributed by atoms with E-state index in [9.17, 15) is 5.48 Å². The summed E-state index contributed by atoms with van der Waals surface area (Å²) in [5, 5.41) is 11.2. The van der Waals surface area contributed by atoms with Crippen LogP contribution in [-0.2, 0) is 0 Å². The molecule has 0 saturated carbocycles. The third kappa shape index (κ3) is 5.63. The molecule has 266 valence electrons. The first-order chi connectivity index (χ1) is 30.0. The molecule has 0 aliphatic rings. The fraction of sp³-hybridized carbons (Fsp3) is 0. The highest BCUT2D eigenvalue weighted by atomic mass is 15.1. The molecule has 11 rings (SSSR count). The first kappa shape index (κ1) is 28.9. The van der Waals surface area contributed by atoms with Crippen molar-refractivity contribution < 1.29 is 5.48 Å². The Labute approximate surface area is 338 Å². The van der Waals surface area contributed by atoms with Crippen molar-refractivity contribution >= 4 is 70.9 Å². The highest BCUT2D eigenvalue weighted by Gasteiger charge is 2.19. The standard InChI is InChI=1S/C56H37N/c1-2-15-39(16-3-1)46-21-12-13-28-56(46)57(44-19-14-18-41(35-44)54-37-42-17-4-5-20-45(42)47-22-6-10-26-51(47)54)43-32-29-38(30-33-43)40-31-34-53-50-25-8-7-23-48(50)49-24-9-11-27-52(49)55(53)36-40/h1-37H/i29D,30D,32D,33D. The Balaban J connectivity index is 1.15. The van der Waals surface area contributed by atoms with Gasteiger partial charge in [0.2, 0.25) is 0 Å². The fourth-order valence-electron chi connectivity index (χ4n) is 8.65. The minimum absolute atomic E-state index is 0.0979. The summed E-state index contributed by atoms with van der Waals surface area (Å²) in [4.78, 5) is 1.92. The van der Waals surface area contributed by atoms with E-state index in [1.54, 1.807) is 0 Å². The number of rotatable bonds is 6. The van der Waals surface area contributed by atoms with Crippen LogP contribution >= 0.6 is 0 Å². The van der Waals surface area contributed by atoms with Crippen molar-refractivity contribution in [2.24, 2.45) is 0 Å². The zero-order valence-electron chi connectivity index (χ0n) is 35.0. The van der Waals surface area contributed by atoms with Gasteiger partial charge in [0.25, 0.3) is 0 Å². The van der Waals surface area contributed by atoms with E-state index in [0.29, 0.717) is 5.56 Å². The molecule has 0 atom stereocenters. The average molecular weight is 728 g/mol. The molecule has 57 heavy (non-hydrogen) atoms. The molecule has 0 radical (unpaired) electrons. The second kappa shape index (κ2) is 13.7. The Morgan fingerprint density at radius 2 is 0.825 bits per heavy atom. The summed E-state index contributed by atoms with van der Waals surface area (Å²) in [5.41, 5.74) is 6.47. The number of hydrogen-bond acceptors (Lipinski definition) is 1. The number of benzene rings is 11. The lowest BCUT2D eigenvalue weighted by Crippen LogP contribution is -2.11. The van der Waals surface area contributed by atoms with Crippen molar-refractivity contribution in [1.29, 1.82) is 0 Å². The number of nitrogens with zero attached hydrogens (tertiary/aromatic N) is 1. The molecule has 1 heteroatoms. The Bertz CT molecular complexity index is 3480. The minimum Gasteiger partial charge on any atom is -0.310 e. The van der Waals surface area contributed by atoms with Crippen molar-refractivity contribution in [2.75, 3.05) is 4.90 Å². The summed E-state index contributed by atoms with van der Waals surface area (Å²) in [7, 11) is 0. The quantitative estimate of drug-likeness (QED) is 0.154. The van der Waals surface area contributed by atoms with Gasteiger partial charge >= 0.3 is 0 Å². The van der Waals surface area contributed by atoms with Crippen molar-refractivity contribution in [3.8, 4) is 33.4 Å². The monoisotopic (exact) mass is 727 g/mol. The predicted molar refractivity (Wildman–Crippen MR) is 245 cm³/mol. The van der Waals surface area contributed by atoms with Crippen LogP contribution in [0.15, 0.2) is 224 Å². The van der Waals surface area contributed by atoms with Crippen molar-refractivity contribution in [1.82, 2.24) is 0 Å². The normalized spacial score (nSPS) is 12.5. The van der Waals surface area contributed by atoms with E-state index in [1.807, 2.05) is 89.8 Å². The van der Waals surface area contributed by atoms with Crippen LogP contribution in [0.4, 0.5) is 17.1 Å². The summed E-state index contributed by atoms with van der Waals surface area (Å²) >= 11 is 0. The van der Waals surface area contributed by atoms with E-state index >= 15 is 0 Å². The van der Waals surface area contributed by atoms with Crippen LogP contribution in [0.25, 0.3) is 87.2 Å². The summed E-state index contributed by atoms with van der Waals surface area (Å²) in [6, 6.07) is 67.8. The molecule has 0 amide bonds. The highest BCUT2D eigenvalue weighted by Crippen LogP contribution is 2.44. The molecular formula is C56H37N. The lowest BCUT2D eigenvalue weighted by molar-refractivity contribution is 1.28. The molecule has 0 saturated heterocycles. The molecule has 0 aromatic heterocycles. The predicted octanol–water partition coefficient (Wildman–Crippen LogP) is 15.9. The van der Waals surface area contributed by atoms with Crippen LogP contribution in [0, 0.1) is 0 Å². The Morgan fingerprint density at radius 1 is 0.281 bits per heavy atom. The van der Waals surface area contributed by atoms with E-state index in [4.69, 9.17) is 0 Å². The van der Waals surface area contributed by atoms with E-state index in [0.717, 1.165) is 76.7 Å². The van der Waals surface area contributed by atoms with Crippen LogP contribution < -0.4 is 4.90 Å². The molecule has 0 fully saturated rings. The molecule has 0 spiro atoms. The third-order valence-electron chi connectivity index (χ3n) is 11.3. The summed E-state index contributed by atoms with van der Waals surface area (Å²) < 4.78 is 39.0. The molecule has 11 aromatic rings. The van der Waals surface area contributed by atoms with Gasteiger partial charge in [0.1, 0.15) is 0 Å². The molecule has 0 unspecified atom stereocenters. The van der Waals surface area contributed by atoms with Crippen molar-refractivity contribution in [2.45, 2.75) is 0 Å². The molecule has 0 N–H and O–H groups in total. The smallest absolute Gasteiger partial charge is 0.0645 e. The highest BCUT2D eigenvalue weighted by molar-refractivity contribution is 6.25. The van der Waals surface area contributed by atoms with E-state index in [2.05, 4.69) is 115 Å². The SMILES string of the molecule is [2H]c1c([2H])c(N(c2cccc(-c3cc4ccccc4c4ccccc34)c2)c2ccccc2-c2ccccc2)c([2H])c([2H])c1-c1ccc2c3ccccc3c3ccccc3c2c1. The molecule has 1 nitrogen and oxygen atoms in total. The number of hydrogen-bond donors (Lipinski definition) is 0. The van der Waals surface area contributed by atoms with E-state index in [1.165, 1.54) is 10.8 Å². The topological polar surface area (TPSA) is 3.24 Å². The van der Waals surface area contributed by atoms with Gasteiger partial charge in [-0.3, -0.25) is 0 Å². The van der Waals surface area contributed by atoms with Gasteiger partial charge in [-0.15, -0.1) is 0 Å². The molecule has 0 aliphatic carbocycles. The van der Waals surface area contributed by atoms with Crippen LogP contribution in [0.3, 0.4) is 0 Å². The van der Waals surface area contributed by atoms with Crippen molar-refractivity contribution in [3.05, 3.63) is 224 Å². The Hall–Kier alpha value is -7.48. The van der Waals surface area contributed by atoms with Crippen LogP contribution in [0.1, 0.15) is 5.48 Å². The van der Waals surface area contributed by atoms with Gasteiger partial charge in [-0.2, -0.15) is 0 Å². The van der Waals surface area contributed by atoms with Gasteiger partial charge in [-0.25, -0.2) is 0 Å². The van der Waals surface area contributed by atoms with Crippen molar-refractivity contribution in [3.63, 3.8) is 0 Å². The Morgan fingerprint density at radius 3 is 1.54 bits per heavy atom.